The number of Topliss-reactive ketones (excluding diaryl/α,β-unsaturated/α-hetero) is 1. The normalized spacial score (nSPS) is 30.7. The highest BCUT2D eigenvalue weighted by molar-refractivity contribution is 6.15. The van der Waals surface area contributed by atoms with Crippen molar-refractivity contribution in [3.8, 4) is 5.75 Å². The summed E-state index contributed by atoms with van der Waals surface area (Å²) in [5.74, 6) is 1.27. The molecule has 1 spiro atoms. The van der Waals surface area contributed by atoms with Crippen LogP contribution in [0.1, 0.15) is 24.8 Å². The summed E-state index contributed by atoms with van der Waals surface area (Å²) in [6.45, 7) is 0.423. The molecule has 2 aliphatic heterocycles. The number of hydrogen-bond acceptors (Lipinski definition) is 3. The smallest absolute Gasteiger partial charge is 0.258 e. The fraction of sp³-hybridized carbons (Fsp3) is 0.304. The van der Waals surface area contributed by atoms with Crippen molar-refractivity contribution in [3.63, 3.8) is 0 Å². The van der Waals surface area contributed by atoms with Gasteiger partial charge in [-0.2, -0.15) is 0 Å². The molecule has 2 heterocycles. The highest BCUT2D eigenvalue weighted by Gasteiger charge is 2.64. The Morgan fingerprint density at radius 2 is 1.78 bits per heavy atom. The first-order valence-corrected chi connectivity index (χ1v) is 9.64. The Hall–Kier alpha value is -2.88. The third-order valence-corrected chi connectivity index (χ3v) is 6.83. The Morgan fingerprint density at radius 3 is 2.63 bits per heavy atom. The lowest BCUT2D eigenvalue weighted by atomic mass is 9.63. The van der Waals surface area contributed by atoms with E-state index in [-0.39, 0.29) is 23.5 Å². The van der Waals surface area contributed by atoms with Gasteiger partial charge >= 0.3 is 0 Å². The number of carbonyl (C=O) groups excluding carboxylic acids is 2. The van der Waals surface area contributed by atoms with Gasteiger partial charge < -0.3 is 9.64 Å². The van der Waals surface area contributed by atoms with E-state index in [1.165, 1.54) is 0 Å². The second-order valence-corrected chi connectivity index (χ2v) is 7.96. The molecular weight excluding hydrogens is 338 g/mol. The van der Waals surface area contributed by atoms with Crippen molar-refractivity contribution in [1.82, 2.24) is 0 Å². The number of amides is 1. The second kappa shape index (κ2) is 5.10. The number of rotatable bonds is 1. The molecule has 2 aromatic carbocycles. The van der Waals surface area contributed by atoms with E-state index < -0.39 is 5.41 Å². The first-order chi connectivity index (χ1) is 13.2. The summed E-state index contributed by atoms with van der Waals surface area (Å²) >= 11 is 0. The SMILES string of the molecule is O=C1C2CN(c3ccccc3)C(=O)C2=C2Oc3ccccc3[C@]23CCC[C@H]13. The average molecular weight is 357 g/mol. The minimum atomic E-state index is -0.429. The maximum atomic E-state index is 13.5. The first kappa shape index (κ1) is 15.2. The quantitative estimate of drug-likeness (QED) is 0.783. The van der Waals surface area contributed by atoms with Gasteiger partial charge in [0.1, 0.15) is 17.3 Å². The van der Waals surface area contributed by atoms with Crippen LogP contribution in [0.4, 0.5) is 5.69 Å². The molecular formula is C23H19NO3. The topological polar surface area (TPSA) is 46.6 Å². The van der Waals surface area contributed by atoms with Crippen LogP contribution >= 0.6 is 0 Å². The number of ether oxygens (including phenoxy) is 1. The van der Waals surface area contributed by atoms with Gasteiger partial charge in [0, 0.05) is 23.7 Å². The molecule has 1 saturated heterocycles. The standard InChI is InChI=1S/C23H19NO3/c25-20-15-13-24(14-7-2-1-3-8-14)22(26)19(15)21-23(12-6-10-17(20)23)16-9-4-5-11-18(16)27-21/h1-5,7-9,11,15,17H,6,10,12-13H2/t15?,17-,23+/m1/s1. The summed E-state index contributed by atoms with van der Waals surface area (Å²) in [4.78, 5) is 28.6. The zero-order valence-electron chi connectivity index (χ0n) is 14.9. The molecule has 2 aliphatic carbocycles. The Labute approximate surface area is 157 Å². The van der Waals surface area contributed by atoms with Crippen LogP contribution in [0.25, 0.3) is 0 Å². The van der Waals surface area contributed by atoms with E-state index in [0.29, 0.717) is 12.1 Å². The van der Waals surface area contributed by atoms with Gasteiger partial charge in [0.25, 0.3) is 5.91 Å². The van der Waals surface area contributed by atoms with Crippen molar-refractivity contribution in [3.05, 3.63) is 71.5 Å². The lowest BCUT2D eigenvalue weighted by Gasteiger charge is -2.37. The summed E-state index contributed by atoms with van der Waals surface area (Å²) in [6, 6.07) is 17.6. The number of anilines is 1. The summed E-state index contributed by atoms with van der Waals surface area (Å²) in [5.41, 5.74) is 2.10. The van der Waals surface area contributed by atoms with Crippen LogP contribution in [0.3, 0.4) is 0 Å². The van der Waals surface area contributed by atoms with E-state index in [2.05, 4.69) is 6.07 Å². The van der Waals surface area contributed by atoms with Crippen LogP contribution in [0.5, 0.6) is 5.75 Å². The van der Waals surface area contributed by atoms with E-state index in [0.717, 1.165) is 42.0 Å². The van der Waals surface area contributed by atoms with Crippen LogP contribution < -0.4 is 9.64 Å². The Balaban J connectivity index is 1.58. The summed E-state index contributed by atoms with van der Waals surface area (Å²) in [7, 11) is 0. The van der Waals surface area contributed by atoms with E-state index in [9.17, 15) is 9.59 Å². The molecule has 27 heavy (non-hydrogen) atoms. The molecule has 1 unspecified atom stereocenters. The molecule has 3 atom stereocenters. The summed E-state index contributed by atoms with van der Waals surface area (Å²) in [6.07, 6.45) is 2.75. The number of fused-ring (bicyclic) bond motifs is 2. The summed E-state index contributed by atoms with van der Waals surface area (Å²) in [5, 5.41) is 0. The number of hydrogen-bond donors (Lipinski definition) is 0. The third-order valence-electron chi connectivity index (χ3n) is 6.83. The Morgan fingerprint density at radius 1 is 1.00 bits per heavy atom. The molecule has 0 N–H and O–H groups in total. The lowest BCUT2D eigenvalue weighted by molar-refractivity contribution is -0.128. The van der Waals surface area contributed by atoms with Crippen molar-refractivity contribution < 1.29 is 14.3 Å². The van der Waals surface area contributed by atoms with E-state index in [4.69, 9.17) is 4.74 Å². The number of ketones is 1. The molecule has 4 nitrogen and oxygen atoms in total. The van der Waals surface area contributed by atoms with Crippen LogP contribution in [-0.4, -0.2) is 18.2 Å². The Bertz CT molecular complexity index is 1020. The van der Waals surface area contributed by atoms with E-state index in [1.807, 2.05) is 48.5 Å². The van der Waals surface area contributed by atoms with Gasteiger partial charge in [-0.15, -0.1) is 0 Å². The zero-order chi connectivity index (χ0) is 18.2. The van der Waals surface area contributed by atoms with Crippen molar-refractivity contribution in [2.24, 2.45) is 11.8 Å². The fourth-order valence-corrected chi connectivity index (χ4v) is 5.74. The molecule has 0 bridgehead atoms. The molecule has 4 aliphatic rings. The maximum Gasteiger partial charge on any atom is 0.258 e. The second-order valence-electron chi connectivity index (χ2n) is 7.96. The largest absolute Gasteiger partial charge is 0.460 e. The van der Waals surface area contributed by atoms with Gasteiger partial charge in [0.2, 0.25) is 0 Å². The zero-order valence-corrected chi connectivity index (χ0v) is 14.9. The fourth-order valence-electron chi connectivity index (χ4n) is 5.74. The molecule has 6 rings (SSSR count). The van der Waals surface area contributed by atoms with Crippen LogP contribution in [0, 0.1) is 11.8 Å². The number of allylic oxidation sites excluding steroid dienone is 1. The molecule has 0 radical (unpaired) electrons. The van der Waals surface area contributed by atoms with Gasteiger partial charge in [-0.05, 0) is 31.0 Å². The van der Waals surface area contributed by atoms with Gasteiger partial charge in [-0.1, -0.05) is 42.8 Å². The van der Waals surface area contributed by atoms with Crippen molar-refractivity contribution in [2.45, 2.75) is 24.7 Å². The molecule has 1 saturated carbocycles. The highest BCUT2D eigenvalue weighted by Crippen LogP contribution is 2.62. The van der Waals surface area contributed by atoms with Crippen LogP contribution in [-0.2, 0) is 15.0 Å². The van der Waals surface area contributed by atoms with Crippen molar-refractivity contribution in [1.29, 1.82) is 0 Å². The maximum absolute atomic E-state index is 13.5. The predicted octanol–water partition coefficient (Wildman–Crippen LogP) is 3.62. The van der Waals surface area contributed by atoms with Gasteiger partial charge in [-0.25, -0.2) is 0 Å². The molecule has 134 valence electrons. The van der Waals surface area contributed by atoms with Crippen LogP contribution in [0.15, 0.2) is 65.9 Å². The monoisotopic (exact) mass is 357 g/mol. The molecule has 4 heteroatoms. The molecule has 2 fully saturated rings. The average Bonchev–Trinajstić information content (AvgIpc) is 3.38. The van der Waals surface area contributed by atoms with Crippen LogP contribution in [0.2, 0.25) is 0 Å². The predicted molar refractivity (Wildman–Crippen MR) is 100 cm³/mol. The number of para-hydroxylation sites is 2. The minimum Gasteiger partial charge on any atom is -0.460 e. The molecule has 1 amide bonds. The van der Waals surface area contributed by atoms with Crippen molar-refractivity contribution >= 4 is 17.4 Å². The summed E-state index contributed by atoms with van der Waals surface area (Å²) < 4.78 is 6.31. The first-order valence-electron chi connectivity index (χ1n) is 9.64. The number of carbonyl (C=O) groups is 2. The van der Waals surface area contributed by atoms with Gasteiger partial charge in [0.15, 0.2) is 0 Å². The molecule has 2 aromatic rings. The number of nitrogens with zero attached hydrogens (tertiary/aromatic N) is 1. The van der Waals surface area contributed by atoms with E-state index >= 15 is 0 Å². The molecule has 0 aromatic heterocycles. The minimum absolute atomic E-state index is 0.0755. The van der Waals surface area contributed by atoms with E-state index in [1.54, 1.807) is 4.90 Å². The highest BCUT2D eigenvalue weighted by atomic mass is 16.5. The lowest BCUT2D eigenvalue weighted by Crippen LogP contribution is -2.44. The number of benzene rings is 2. The van der Waals surface area contributed by atoms with Gasteiger partial charge in [-0.3, -0.25) is 9.59 Å². The third kappa shape index (κ3) is 1.73. The Kier molecular flexibility index (Phi) is 2.87. The van der Waals surface area contributed by atoms with Gasteiger partial charge in [0.05, 0.1) is 16.9 Å². The van der Waals surface area contributed by atoms with Crippen molar-refractivity contribution in [2.75, 3.05) is 11.4 Å².